The summed E-state index contributed by atoms with van der Waals surface area (Å²) in [6.45, 7) is 4.92. The van der Waals surface area contributed by atoms with Crippen LogP contribution in [0.15, 0.2) is 54.6 Å². The van der Waals surface area contributed by atoms with Crippen molar-refractivity contribution < 1.29 is 9.59 Å². The summed E-state index contributed by atoms with van der Waals surface area (Å²) in [5.41, 5.74) is 2.73. The zero-order chi connectivity index (χ0) is 19.9. The SMILES string of the molecule is CCN(C(=O)Cn1c(CCCNC(C)=O)nc2ccccc21)c1ccccc1. The summed E-state index contributed by atoms with van der Waals surface area (Å²) in [5.74, 6) is 0.856. The summed E-state index contributed by atoms with van der Waals surface area (Å²) in [7, 11) is 0. The van der Waals surface area contributed by atoms with E-state index in [1.165, 1.54) is 6.92 Å². The lowest BCUT2D eigenvalue weighted by Gasteiger charge is -2.22. The lowest BCUT2D eigenvalue weighted by atomic mass is 10.2. The largest absolute Gasteiger partial charge is 0.356 e. The Morgan fingerprint density at radius 3 is 2.50 bits per heavy atom. The highest BCUT2D eigenvalue weighted by atomic mass is 16.2. The van der Waals surface area contributed by atoms with Gasteiger partial charge in [0.1, 0.15) is 12.4 Å². The Hall–Kier alpha value is -3.15. The number of rotatable bonds is 8. The number of hydrogen-bond acceptors (Lipinski definition) is 3. The van der Waals surface area contributed by atoms with Crippen molar-refractivity contribution in [1.82, 2.24) is 14.9 Å². The molecular formula is C22H26N4O2. The highest BCUT2D eigenvalue weighted by molar-refractivity contribution is 5.94. The number of nitrogens with one attached hydrogen (secondary N) is 1. The molecule has 0 fully saturated rings. The van der Waals surface area contributed by atoms with Crippen LogP contribution in [0.5, 0.6) is 0 Å². The number of fused-ring (bicyclic) bond motifs is 1. The van der Waals surface area contributed by atoms with Gasteiger partial charge in [-0.2, -0.15) is 0 Å². The van der Waals surface area contributed by atoms with E-state index in [2.05, 4.69) is 5.32 Å². The molecule has 3 aromatic rings. The summed E-state index contributed by atoms with van der Waals surface area (Å²) >= 11 is 0. The lowest BCUT2D eigenvalue weighted by molar-refractivity contribution is -0.119. The molecule has 0 spiro atoms. The van der Waals surface area contributed by atoms with Gasteiger partial charge >= 0.3 is 0 Å². The molecule has 0 aliphatic carbocycles. The van der Waals surface area contributed by atoms with Crippen LogP contribution < -0.4 is 10.2 Å². The molecule has 0 aliphatic heterocycles. The summed E-state index contributed by atoms with van der Waals surface area (Å²) in [6.07, 6.45) is 1.47. The number of para-hydroxylation sites is 3. The van der Waals surface area contributed by atoms with Crippen molar-refractivity contribution >= 4 is 28.5 Å². The molecule has 1 heterocycles. The number of nitrogens with zero attached hydrogens (tertiary/aromatic N) is 3. The van der Waals surface area contributed by atoms with Gasteiger partial charge in [-0.3, -0.25) is 9.59 Å². The van der Waals surface area contributed by atoms with E-state index in [9.17, 15) is 9.59 Å². The van der Waals surface area contributed by atoms with Crippen molar-refractivity contribution in [3.8, 4) is 0 Å². The second-order valence-corrected chi connectivity index (χ2v) is 6.66. The summed E-state index contributed by atoms with van der Waals surface area (Å²) in [4.78, 5) is 30.7. The van der Waals surface area contributed by atoms with Crippen LogP contribution in [0.1, 0.15) is 26.1 Å². The zero-order valence-corrected chi connectivity index (χ0v) is 16.4. The molecule has 0 aliphatic rings. The van der Waals surface area contributed by atoms with Crippen LogP contribution >= 0.6 is 0 Å². The first-order chi connectivity index (χ1) is 13.6. The van der Waals surface area contributed by atoms with Gasteiger partial charge < -0.3 is 14.8 Å². The van der Waals surface area contributed by atoms with E-state index in [1.54, 1.807) is 4.90 Å². The molecule has 0 radical (unpaired) electrons. The molecule has 0 bridgehead atoms. The minimum Gasteiger partial charge on any atom is -0.356 e. The van der Waals surface area contributed by atoms with Crippen LogP contribution in [0.4, 0.5) is 5.69 Å². The monoisotopic (exact) mass is 378 g/mol. The normalized spacial score (nSPS) is 10.8. The molecule has 28 heavy (non-hydrogen) atoms. The highest BCUT2D eigenvalue weighted by Crippen LogP contribution is 2.19. The van der Waals surface area contributed by atoms with Gasteiger partial charge in [-0.1, -0.05) is 30.3 Å². The maximum atomic E-state index is 13.1. The van der Waals surface area contributed by atoms with Crippen molar-refractivity contribution in [2.75, 3.05) is 18.0 Å². The minimum atomic E-state index is -0.0369. The standard InChI is InChI=1S/C22H26N4O2/c1-3-25(18-10-5-4-6-11-18)22(28)16-26-20-13-8-7-12-19(20)24-21(26)14-9-15-23-17(2)27/h4-8,10-13H,3,9,14-16H2,1-2H3,(H,23,27). The fraction of sp³-hybridized carbons (Fsp3) is 0.318. The molecule has 2 aromatic carbocycles. The van der Waals surface area contributed by atoms with Crippen LogP contribution in [-0.4, -0.2) is 34.5 Å². The third kappa shape index (κ3) is 4.57. The maximum absolute atomic E-state index is 13.1. The first-order valence-electron chi connectivity index (χ1n) is 9.64. The topological polar surface area (TPSA) is 67.2 Å². The number of imidazole rings is 1. The Bertz CT molecular complexity index is 950. The lowest BCUT2D eigenvalue weighted by Crippen LogP contribution is -2.34. The Morgan fingerprint density at radius 2 is 1.79 bits per heavy atom. The van der Waals surface area contributed by atoms with E-state index >= 15 is 0 Å². The van der Waals surface area contributed by atoms with Gasteiger partial charge in [0.05, 0.1) is 11.0 Å². The van der Waals surface area contributed by atoms with E-state index < -0.39 is 0 Å². The highest BCUT2D eigenvalue weighted by Gasteiger charge is 2.18. The van der Waals surface area contributed by atoms with Crippen LogP contribution in [-0.2, 0) is 22.6 Å². The predicted octanol–water partition coefficient (Wildman–Crippen LogP) is 3.16. The molecule has 3 rings (SSSR count). The van der Waals surface area contributed by atoms with Gasteiger partial charge in [-0.05, 0) is 37.6 Å². The predicted molar refractivity (Wildman–Crippen MR) is 111 cm³/mol. The number of anilines is 1. The van der Waals surface area contributed by atoms with Crippen molar-refractivity contribution in [1.29, 1.82) is 0 Å². The van der Waals surface area contributed by atoms with E-state index in [1.807, 2.05) is 66.1 Å². The number of aromatic nitrogens is 2. The molecular weight excluding hydrogens is 352 g/mol. The molecule has 1 N–H and O–H groups in total. The molecule has 0 unspecified atom stereocenters. The number of carbonyl (C=O) groups excluding carboxylic acids is 2. The molecule has 146 valence electrons. The second-order valence-electron chi connectivity index (χ2n) is 6.66. The molecule has 0 atom stereocenters. The average molecular weight is 378 g/mol. The fourth-order valence-corrected chi connectivity index (χ4v) is 3.34. The van der Waals surface area contributed by atoms with Gasteiger partial charge in [0.15, 0.2) is 0 Å². The molecule has 6 heteroatoms. The third-order valence-electron chi connectivity index (χ3n) is 4.66. The Balaban J connectivity index is 1.83. The maximum Gasteiger partial charge on any atom is 0.246 e. The van der Waals surface area contributed by atoms with Gasteiger partial charge in [0.25, 0.3) is 0 Å². The Kier molecular flexibility index (Phi) is 6.42. The Labute approximate surface area is 165 Å². The number of hydrogen-bond donors (Lipinski definition) is 1. The summed E-state index contributed by atoms with van der Waals surface area (Å²) in [6, 6.07) is 17.6. The van der Waals surface area contributed by atoms with Crippen LogP contribution in [0.3, 0.4) is 0 Å². The smallest absolute Gasteiger partial charge is 0.246 e. The van der Waals surface area contributed by atoms with Crippen molar-refractivity contribution in [3.05, 3.63) is 60.4 Å². The average Bonchev–Trinajstić information content (AvgIpc) is 3.04. The van der Waals surface area contributed by atoms with E-state index in [4.69, 9.17) is 4.98 Å². The van der Waals surface area contributed by atoms with Gasteiger partial charge in [-0.15, -0.1) is 0 Å². The molecule has 0 saturated carbocycles. The van der Waals surface area contributed by atoms with Gasteiger partial charge in [0.2, 0.25) is 11.8 Å². The Morgan fingerprint density at radius 1 is 1.07 bits per heavy atom. The number of carbonyl (C=O) groups is 2. The number of benzene rings is 2. The van der Waals surface area contributed by atoms with Crippen molar-refractivity contribution in [3.63, 3.8) is 0 Å². The number of likely N-dealkylation sites (N-methyl/N-ethyl adjacent to an activating group) is 1. The van der Waals surface area contributed by atoms with E-state index in [0.29, 0.717) is 19.5 Å². The van der Waals surface area contributed by atoms with Crippen molar-refractivity contribution in [2.24, 2.45) is 0 Å². The van der Waals surface area contributed by atoms with Crippen LogP contribution in [0, 0.1) is 0 Å². The summed E-state index contributed by atoms with van der Waals surface area (Å²) in [5, 5.41) is 2.81. The quantitative estimate of drug-likeness (QED) is 0.612. The fourth-order valence-electron chi connectivity index (χ4n) is 3.34. The molecule has 6 nitrogen and oxygen atoms in total. The first-order valence-corrected chi connectivity index (χ1v) is 9.64. The third-order valence-corrected chi connectivity index (χ3v) is 4.66. The second kappa shape index (κ2) is 9.17. The molecule has 0 saturated heterocycles. The molecule has 1 aromatic heterocycles. The first kappa shape index (κ1) is 19.6. The minimum absolute atomic E-state index is 0.0277. The number of aryl methyl sites for hydroxylation is 1. The van der Waals surface area contributed by atoms with Crippen molar-refractivity contribution in [2.45, 2.75) is 33.2 Å². The zero-order valence-electron chi connectivity index (χ0n) is 16.4. The summed E-state index contributed by atoms with van der Waals surface area (Å²) < 4.78 is 2.00. The van der Waals surface area contributed by atoms with Crippen LogP contribution in [0.2, 0.25) is 0 Å². The van der Waals surface area contributed by atoms with Gasteiger partial charge in [-0.25, -0.2) is 4.98 Å². The van der Waals surface area contributed by atoms with E-state index in [-0.39, 0.29) is 18.4 Å². The number of amides is 2. The van der Waals surface area contributed by atoms with E-state index in [0.717, 1.165) is 29.0 Å². The molecule has 2 amide bonds. The van der Waals surface area contributed by atoms with Gasteiger partial charge in [0, 0.05) is 32.1 Å². The van der Waals surface area contributed by atoms with Crippen LogP contribution in [0.25, 0.3) is 11.0 Å².